The topological polar surface area (TPSA) is 41.1 Å². The minimum absolute atomic E-state index is 0.337. The van der Waals surface area contributed by atoms with Gasteiger partial charge in [-0.2, -0.15) is 0 Å². The van der Waals surface area contributed by atoms with Crippen molar-refractivity contribution in [3.8, 4) is 0 Å². The van der Waals surface area contributed by atoms with Gasteiger partial charge in [-0.3, -0.25) is 0 Å². The first-order valence-electron chi connectivity index (χ1n) is 6.29. The zero-order valence-electron chi connectivity index (χ0n) is 11.0. The maximum atomic E-state index is 12.9. The summed E-state index contributed by atoms with van der Waals surface area (Å²) in [5.41, 5.74) is 1.60. The molecule has 0 heterocycles. The van der Waals surface area contributed by atoms with Crippen molar-refractivity contribution in [2.24, 2.45) is 0 Å². The van der Waals surface area contributed by atoms with E-state index in [0.717, 1.165) is 5.56 Å². The molecule has 0 radical (unpaired) electrons. The number of hydrogen-bond acceptors (Lipinski definition) is 1. The number of nitrogens with one attached hydrogen (secondary N) is 2. The minimum atomic E-state index is -0.365. The van der Waals surface area contributed by atoms with E-state index in [2.05, 4.69) is 26.6 Å². The third-order valence-electron chi connectivity index (χ3n) is 2.79. The van der Waals surface area contributed by atoms with Gasteiger partial charge in [-0.1, -0.05) is 23.7 Å². The lowest BCUT2D eigenvalue weighted by Crippen LogP contribution is -2.30. The van der Waals surface area contributed by atoms with E-state index in [1.807, 2.05) is 24.3 Å². The summed E-state index contributed by atoms with van der Waals surface area (Å²) in [4.78, 5) is 11.7. The first-order valence-corrected chi connectivity index (χ1v) is 7.46. The van der Waals surface area contributed by atoms with Crippen molar-refractivity contribution in [3.05, 3.63) is 63.3 Å². The highest BCUT2D eigenvalue weighted by atomic mass is 79.9. The molecule has 0 spiro atoms. The summed E-state index contributed by atoms with van der Waals surface area (Å²) in [5.74, 6) is -0.365. The van der Waals surface area contributed by atoms with Gasteiger partial charge < -0.3 is 10.6 Å². The zero-order chi connectivity index (χ0) is 15.2. The molecule has 0 aliphatic heterocycles. The Kier molecular flexibility index (Phi) is 5.59. The van der Waals surface area contributed by atoms with Gasteiger partial charge in [0.1, 0.15) is 5.82 Å². The second-order valence-electron chi connectivity index (χ2n) is 4.38. The molecule has 0 aliphatic rings. The van der Waals surface area contributed by atoms with Gasteiger partial charge in [-0.15, -0.1) is 0 Å². The fourth-order valence-corrected chi connectivity index (χ4v) is 2.30. The summed E-state index contributed by atoms with van der Waals surface area (Å²) < 4.78 is 13.4. The second-order valence-corrected chi connectivity index (χ2v) is 5.67. The lowest BCUT2D eigenvalue weighted by Gasteiger charge is -2.09. The SMILES string of the molecule is O=C(NCCc1ccc(Cl)cc1)Nc1ccc(F)cc1Br. The molecule has 6 heteroatoms. The summed E-state index contributed by atoms with van der Waals surface area (Å²) in [7, 11) is 0. The number of benzene rings is 2. The van der Waals surface area contributed by atoms with Gasteiger partial charge in [0, 0.05) is 16.0 Å². The molecule has 3 nitrogen and oxygen atoms in total. The number of anilines is 1. The molecule has 0 bridgehead atoms. The fraction of sp³-hybridized carbons (Fsp3) is 0.133. The molecule has 0 saturated carbocycles. The van der Waals surface area contributed by atoms with Crippen LogP contribution in [0.4, 0.5) is 14.9 Å². The smallest absolute Gasteiger partial charge is 0.319 e. The van der Waals surface area contributed by atoms with E-state index in [1.54, 1.807) is 0 Å². The molecule has 2 N–H and O–H groups in total. The Labute approximate surface area is 135 Å². The summed E-state index contributed by atoms with van der Waals surface area (Å²) in [6, 6.07) is 11.2. The van der Waals surface area contributed by atoms with Crippen molar-refractivity contribution >= 4 is 39.2 Å². The monoisotopic (exact) mass is 370 g/mol. The van der Waals surface area contributed by atoms with Crippen LogP contribution in [-0.2, 0) is 6.42 Å². The molecule has 0 unspecified atom stereocenters. The third kappa shape index (κ3) is 5.02. The van der Waals surface area contributed by atoms with Crippen LogP contribution >= 0.6 is 27.5 Å². The molecular formula is C15H13BrClFN2O. The van der Waals surface area contributed by atoms with E-state index >= 15 is 0 Å². The van der Waals surface area contributed by atoms with Crippen molar-refractivity contribution in [2.45, 2.75) is 6.42 Å². The van der Waals surface area contributed by atoms with Gasteiger partial charge in [0.2, 0.25) is 0 Å². The quantitative estimate of drug-likeness (QED) is 0.810. The molecule has 21 heavy (non-hydrogen) atoms. The highest BCUT2D eigenvalue weighted by molar-refractivity contribution is 9.10. The van der Waals surface area contributed by atoms with Crippen molar-refractivity contribution in [2.75, 3.05) is 11.9 Å². The van der Waals surface area contributed by atoms with Crippen LogP contribution in [0.1, 0.15) is 5.56 Å². The van der Waals surface area contributed by atoms with Gasteiger partial charge in [0.15, 0.2) is 0 Å². The average Bonchev–Trinajstić information content (AvgIpc) is 2.44. The number of rotatable bonds is 4. The van der Waals surface area contributed by atoms with E-state index in [1.165, 1.54) is 18.2 Å². The lowest BCUT2D eigenvalue weighted by atomic mass is 10.1. The average molecular weight is 372 g/mol. The Morgan fingerprint density at radius 3 is 2.57 bits per heavy atom. The normalized spacial score (nSPS) is 10.2. The Balaban J connectivity index is 1.81. The Bertz CT molecular complexity index is 634. The summed E-state index contributed by atoms with van der Waals surface area (Å²) in [5, 5.41) is 6.07. The maximum Gasteiger partial charge on any atom is 0.319 e. The number of amides is 2. The largest absolute Gasteiger partial charge is 0.338 e. The fourth-order valence-electron chi connectivity index (χ4n) is 1.73. The molecule has 0 aromatic heterocycles. The van der Waals surface area contributed by atoms with Gasteiger partial charge in [0.05, 0.1) is 5.69 Å². The van der Waals surface area contributed by atoms with Crippen molar-refractivity contribution < 1.29 is 9.18 Å². The third-order valence-corrected chi connectivity index (χ3v) is 3.70. The van der Waals surface area contributed by atoms with Crippen LogP contribution in [0, 0.1) is 5.82 Å². The molecule has 2 rings (SSSR count). The van der Waals surface area contributed by atoms with Gasteiger partial charge in [0.25, 0.3) is 0 Å². The van der Waals surface area contributed by atoms with E-state index in [-0.39, 0.29) is 11.8 Å². The Morgan fingerprint density at radius 2 is 1.90 bits per heavy atom. The standard InChI is InChI=1S/C15H13BrClFN2O/c16-13-9-12(18)5-6-14(13)20-15(21)19-8-7-10-1-3-11(17)4-2-10/h1-6,9H,7-8H2,(H2,19,20,21). The number of carbonyl (C=O) groups is 1. The van der Waals surface area contributed by atoms with Crippen LogP contribution in [0.25, 0.3) is 0 Å². The minimum Gasteiger partial charge on any atom is -0.338 e. The molecule has 0 fully saturated rings. The number of carbonyl (C=O) groups excluding carboxylic acids is 1. The van der Waals surface area contributed by atoms with Crippen molar-refractivity contribution in [1.82, 2.24) is 5.32 Å². The van der Waals surface area contributed by atoms with Crippen LogP contribution < -0.4 is 10.6 Å². The lowest BCUT2D eigenvalue weighted by molar-refractivity contribution is 0.252. The summed E-state index contributed by atoms with van der Waals surface area (Å²) in [6.07, 6.45) is 0.704. The molecule has 110 valence electrons. The zero-order valence-corrected chi connectivity index (χ0v) is 13.3. The first-order chi connectivity index (χ1) is 10.0. The molecule has 2 amide bonds. The van der Waals surface area contributed by atoms with Gasteiger partial charge >= 0.3 is 6.03 Å². The highest BCUT2D eigenvalue weighted by Crippen LogP contribution is 2.22. The summed E-state index contributed by atoms with van der Waals surface area (Å²) >= 11 is 8.99. The first kappa shape index (κ1) is 15.8. The van der Waals surface area contributed by atoms with Crippen LogP contribution in [-0.4, -0.2) is 12.6 Å². The van der Waals surface area contributed by atoms with E-state index in [9.17, 15) is 9.18 Å². The predicted molar refractivity (Wildman–Crippen MR) is 86.3 cm³/mol. The van der Waals surface area contributed by atoms with Crippen LogP contribution in [0.15, 0.2) is 46.9 Å². The van der Waals surface area contributed by atoms with E-state index in [4.69, 9.17) is 11.6 Å². The molecule has 2 aromatic carbocycles. The van der Waals surface area contributed by atoms with Crippen LogP contribution in [0.2, 0.25) is 5.02 Å². The molecule has 0 atom stereocenters. The molecular weight excluding hydrogens is 359 g/mol. The molecule has 2 aromatic rings. The maximum absolute atomic E-state index is 12.9. The van der Waals surface area contributed by atoms with Gasteiger partial charge in [-0.05, 0) is 58.2 Å². The van der Waals surface area contributed by atoms with E-state index < -0.39 is 0 Å². The second kappa shape index (κ2) is 7.43. The molecule has 0 aliphatic carbocycles. The Morgan fingerprint density at radius 1 is 1.19 bits per heavy atom. The number of hydrogen-bond donors (Lipinski definition) is 2. The Hall–Kier alpha value is -1.59. The predicted octanol–water partition coefficient (Wildman–Crippen LogP) is 4.61. The number of halogens is 3. The summed E-state index contributed by atoms with van der Waals surface area (Å²) in [6.45, 7) is 0.492. The molecule has 0 saturated heterocycles. The van der Waals surface area contributed by atoms with Crippen LogP contribution in [0.3, 0.4) is 0 Å². The van der Waals surface area contributed by atoms with E-state index in [0.29, 0.717) is 28.1 Å². The van der Waals surface area contributed by atoms with Crippen molar-refractivity contribution in [3.63, 3.8) is 0 Å². The van der Waals surface area contributed by atoms with Crippen LogP contribution in [0.5, 0.6) is 0 Å². The highest BCUT2D eigenvalue weighted by Gasteiger charge is 2.05. The van der Waals surface area contributed by atoms with Gasteiger partial charge in [-0.25, -0.2) is 9.18 Å². The number of urea groups is 1. The van der Waals surface area contributed by atoms with Crippen molar-refractivity contribution in [1.29, 1.82) is 0 Å².